The minimum absolute atomic E-state index is 0.588. The predicted molar refractivity (Wildman–Crippen MR) is 82.6 cm³/mol. The van der Waals surface area contributed by atoms with E-state index in [1.54, 1.807) is 6.07 Å². The van der Waals surface area contributed by atoms with Crippen LogP contribution in [0.4, 0.5) is 11.4 Å². The Morgan fingerprint density at radius 1 is 1.25 bits per heavy atom. The molecule has 4 nitrogen and oxygen atoms in total. The third-order valence-electron chi connectivity index (χ3n) is 3.23. The summed E-state index contributed by atoms with van der Waals surface area (Å²) in [5.41, 5.74) is 10.8. The summed E-state index contributed by atoms with van der Waals surface area (Å²) in [4.78, 5) is 10.8. The number of nitrogen functional groups attached to an aromatic ring is 1. The second kappa shape index (κ2) is 6.02. The molecule has 0 saturated heterocycles. The number of hydrogen-bond acceptors (Lipinski definition) is 4. The fourth-order valence-corrected chi connectivity index (χ4v) is 1.96. The third-order valence-corrected chi connectivity index (χ3v) is 3.23. The zero-order chi connectivity index (χ0) is 14.5. The van der Waals surface area contributed by atoms with Crippen molar-refractivity contribution < 1.29 is 4.79 Å². The van der Waals surface area contributed by atoms with E-state index in [0.29, 0.717) is 23.4 Å². The summed E-state index contributed by atoms with van der Waals surface area (Å²) >= 11 is 0. The summed E-state index contributed by atoms with van der Waals surface area (Å²) in [7, 11) is 0. The highest BCUT2D eigenvalue weighted by Crippen LogP contribution is 2.18. The number of nitrogens with two attached hydrogens (primary N) is 1. The second-order valence-corrected chi connectivity index (χ2v) is 4.65. The minimum atomic E-state index is 0.588. The number of anilines is 2. The van der Waals surface area contributed by atoms with Gasteiger partial charge in [-0.15, -0.1) is 0 Å². The largest absolute Gasteiger partial charge is 0.398 e. The predicted octanol–water partition coefficient (Wildman–Crippen LogP) is 3.00. The average molecular weight is 267 g/mol. The molecule has 4 N–H and O–H groups in total. The maximum absolute atomic E-state index is 10.8. The number of carbonyl (C=O) groups excluding carboxylic acids is 1. The van der Waals surface area contributed by atoms with Crippen LogP contribution in [0.15, 0.2) is 36.4 Å². The van der Waals surface area contributed by atoms with Gasteiger partial charge in [-0.1, -0.05) is 12.1 Å². The maximum atomic E-state index is 10.8. The highest BCUT2D eigenvalue weighted by atomic mass is 16.1. The number of rotatable bonds is 5. The smallest absolute Gasteiger partial charge is 0.150 e. The van der Waals surface area contributed by atoms with Crippen molar-refractivity contribution in [1.82, 2.24) is 0 Å². The van der Waals surface area contributed by atoms with Crippen LogP contribution in [0, 0.1) is 12.3 Å². The molecule has 0 radical (unpaired) electrons. The Morgan fingerprint density at radius 3 is 2.75 bits per heavy atom. The molecule has 2 aromatic carbocycles. The van der Waals surface area contributed by atoms with E-state index in [4.69, 9.17) is 11.1 Å². The van der Waals surface area contributed by atoms with Crippen molar-refractivity contribution >= 4 is 23.9 Å². The van der Waals surface area contributed by atoms with Crippen molar-refractivity contribution in [3.63, 3.8) is 0 Å². The van der Waals surface area contributed by atoms with E-state index in [-0.39, 0.29) is 0 Å². The first kappa shape index (κ1) is 13.8. The minimum Gasteiger partial charge on any atom is -0.398 e. The Morgan fingerprint density at radius 2 is 2.05 bits per heavy atom. The van der Waals surface area contributed by atoms with Crippen LogP contribution in [0.3, 0.4) is 0 Å². The van der Waals surface area contributed by atoms with Gasteiger partial charge in [0.2, 0.25) is 0 Å². The molecule has 0 atom stereocenters. The lowest BCUT2D eigenvalue weighted by atomic mass is 10.1. The zero-order valence-electron chi connectivity index (χ0n) is 11.3. The van der Waals surface area contributed by atoms with Gasteiger partial charge in [0.15, 0.2) is 0 Å². The van der Waals surface area contributed by atoms with Gasteiger partial charge >= 0.3 is 0 Å². The van der Waals surface area contributed by atoms with Crippen molar-refractivity contribution in [3.8, 4) is 0 Å². The molecule has 0 fully saturated rings. The number of aryl methyl sites for hydroxylation is 1. The summed E-state index contributed by atoms with van der Waals surface area (Å²) in [6.07, 6.45) is 2.08. The quantitative estimate of drug-likeness (QED) is 0.442. The molecule has 0 aliphatic carbocycles. The number of aldehydes is 1. The van der Waals surface area contributed by atoms with Crippen LogP contribution in [-0.4, -0.2) is 12.5 Å². The molecule has 0 amide bonds. The van der Waals surface area contributed by atoms with Gasteiger partial charge < -0.3 is 16.5 Å². The number of nitrogens with one attached hydrogen (secondary N) is 2. The molecular weight excluding hydrogens is 250 g/mol. The Bertz CT molecular complexity index is 650. The van der Waals surface area contributed by atoms with Gasteiger partial charge in [0, 0.05) is 35.3 Å². The van der Waals surface area contributed by atoms with Crippen LogP contribution < -0.4 is 11.1 Å². The molecular formula is C16H17N3O. The summed E-state index contributed by atoms with van der Waals surface area (Å²) in [5.74, 6) is 0. The number of hydrogen-bond donors (Lipinski definition) is 3. The molecule has 2 aromatic rings. The molecule has 0 aliphatic heterocycles. The molecule has 4 heteroatoms. The van der Waals surface area contributed by atoms with Crippen molar-refractivity contribution in [2.45, 2.75) is 13.5 Å². The first-order chi connectivity index (χ1) is 9.63. The van der Waals surface area contributed by atoms with E-state index in [1.807, 2.05) is 37.3 Å². The van der Waals surface area contributed by atoms with Crippen LogP contribution in [0.25, 0.3) is 0 Å². The number of carbonyl (C=O) groups is 1. The van der Waals surface area contributed by atoms with Gasteiger partial charge in [0.25, 0.3) is 0 Å². The Labute approximate surface area is 118 Å². The van der Waals surface area contributed by atoms with Gasteiger partial charge in [0.1, 0.15) is 6.29 Å². The highest BCUT2D eigenvalue weighted by Gasteiger charge is 2.02. The SMILES string of the molecule is Cc1ccc(C=O)cc1CNc1ccc(N)c(C=N)c1. The van der Waals surface area contributed by atoms with Crippen LogP contribution in [0.1, 0.15) is 27.0 Å². The molecule has 0 aliphatic rings. The van der Waals surface area contributed by atoms with E-state index in [2.05, 4.69) is 5.32 Å². The van der Waals surface area contributed by atoms with Crippen molar-refractivity contribution in [1.29, 1.82) is 5.41 Å². The summed E-state index contributed by atoms with van der Waals surface area (Å²) < 4.78 is 0. The topological polar surface area (TPSA) is 79.0 Å². The Balaban J connectivity index is 2.16. The molecule has 0 spiro atoms. The van der Waals surface area contributed by atoms with E-state index in [1.165, 1.54) is 6.21 Å². The molecule has 102 valence electrons. The van der Waals surface area contributed by atoms with Gasteiger partial charge in [-0.05, 0) is 42.3 Å². The molecule has 0 bridgehead atoms. The summed E-state index contributed by atoms with van der Waals surface area (Å²) in [5, 5.41) is 10.6. The molecule has 0 aromatic heterocycles. The Kier molecular flexibility index (Phi) is 4.15. The molecule has 0 heterocycles. The van der Waals surface area contributed by atoms with Gasteiger partial charge in [-0.25, -0.2) is 0 Å². The lowest BCUT2D eigenvalue weighted by Gasteiger charge is -2.11. The molecule has 0 saturated carbocycles. The van der Waals surface area contributed by atoms with E-state index >= 15 is 0 Å². The van der Waals surface area contributed by atoms with Gasteiger partial charge in [-0.2, -0.15) is 0 Å². The van der Waals surface area contributed by atoms with Crippen LogP contribution >= 0.6 is 0 Å². The van der Waals surface area contributed by atoms with Crippen molar-refractivity contribution in [2.75, 3.05) is 11.1 Å². The zero-order valence-corrected chi connectivity index (χ0v) is 11.3. The fraction of sp³-hybridized carbons (Fsp3) is 0.125. The molecule has 2 rings (SSSR count). The van der Waals surface area contributed by atoms with E-state index < -0.39 is 0 Å². The summed E-state index contributed by atoms with van der Waals surface area (Å²) in [6.45, 7) is 2.63. The monoisotopic (exact) mass is 267 g/mol. The average Bonchev–Trinajstić information content (AvgIpc) is 2.47. The highest BCUT2D eigenvalue weighted by molar-refractivity contribution is 5.86. The fourth-order valence-electron chi connectivity index (χ4n) is 1.96. The Hall–Kier alpha value is -2.62. The standard InChI is InChI=1S/C16H17N3O/c1-11-2-3-12(10-20)6-14(11)9-19-15-4-5-16(18)13(7-15)8-17/h2-8,10,17,19H,9,18H2,1H3. The van der Waals surface area contributed by atoms with Crippen LogP contribution in [0.5, 0.6) is 0 Å². The molecule has 20 heavy (non-hydrogen) atoms. The van der Waals surface area contributed by atoms with Gasteiger partial charge in [-0.3, -0.25) is 4.79 Å². The van der Waals surface area contributed by atoms with Crippen LogP contribution in [0.2, 0.25) is 0 Å². The normalized spacial score (nSPS) is 10.1. The van der Waals surface area contributed by atoms with Crippen molar-refractivity contribution in [2.24, 2.45) is 0 Å². The van der Waals surface area contributed by atoms with Crippen LogP contribution in [-0.2, 0) is 6.54 Å². The lowest BCUT2D eigenvalue weighted by molar-refractivity contribution is 0.112. The first-order valence-corrected chi connectivity index (χ1v) is 6.32. The summed E-state index contributed by atoms with van der Waals surface area (Å²) in [6, 6.07) is 11.1. The third kappa shape index (κ3) is 3.03. The first-order valence-electron chi connectivity index (χ1n) is 6.32. The van der Waals surface area contributed by atoms with Crippen molar-refractivity contribution in [3.05, 3.63) is 58.7 Å². The maximum Gasteiger partial charge on any atom is 0.150 e. The second-order valence-electron chi connectivity index (χ2n) is 4.65. The molecule has 0 unspecified atom stereocenters. The van der Waals surface area contributed by atoms with E-state index in [9.17, 15) is 4.79 Å². The lowest BCUT2D eigenvalue weighted by Crippen LogP contribution is -2.03. The number of benzene rings is 2. The van der Waals surface area contributed by atoms with Gasteiger partial charge in [0.05, 0.1) is 0 Å². The van der Waals surface area contributed by atoms with E-state index in [0.717, 1.165) is 23.1 Å².